The number of benzene rings is 2. The number of amides is 1. The average molecular weight is 301 g/mol. The van der Waals surface area contributed by atoms with Crippen LogP contribution in [0.5, 0.6) is 0 Å². The first kappa shape index (κ1) is 11.4. The minimum Gasteiger partial charge on any atom is -0.405 e. The Morgan fingerprint density at radius 1 is 1.00 bits per heavy atom. The molecule has 0 spiro atoms. The molecule has 1 amide bonds. The largest absolute Gasteiger partial charge is 0.408 e. The zero-order valence-electron chi connectivity index (χ0n) is 9.48. The van der Waals surface area contributed by atoms with Crippen molar-refractivity contribution in [2.24, 2.45) is 0 Å². The van der Waals surface area contributed by atoms with Gasteiger partial charge in [0.25, 0.3) is 0 Å². The number of carbonyl (C=O) groups is 1. The van der Waals surface area contributed by atoms with Crippen LogP contribution in [0.25, 0.3) is 0 Å². The Morgan fingerprint density at radius 2 is 1.83 bits per heavy atom. The highest BCUT2D eigenvalue weighted by atomic mass is 79.9. The Labute approximate surface area is 114 Å². The van der Waals surface area contributed by atoms with Crippen molar-refractivity contribution in [3.05, 3.63) is 58.6 Å². The summed E-state index contributed by atoms with van der Waals surface area (Å²) in [5.41, 5.74) is 2.57. The van der Waals surface area contributed by atoms with Gasteiger partial charge in [-0.15, -0.1) is 0 Å². The molecule has 0 radical (unpaired) electrons. The second-order valence-electron chi connectivity index (χ2n) is 4.15. The number of hydrogen-bond acceptors (Lipinski definition) is 2. The number of rotatable bonds is 1. The van der Waals surface area contributed by atoms with Gasteiger partial charge in [0.2, 0.25) is 5.91 Å². The van der Waals surface area contributed by atoms with Crippen LogP contribution in [0.4, 0.5) is 5.69 Å². The molecule has 1 aliphatic heterocycles. The third-order valence-electron chi connectivity index (χ3n) is 2.93. The number of hydrogen-bond donors (Lipinski definition) is 2. The summed E-state index contributed by atoms with van der Waals surface area (Å²) in [5, 5.41) is 6.26. The summed E-state index contributed by atoms with van der Waals surface area (Å²) in [7, 11) is 0. The fourth-order valence-corrected chi connectivity index (χ4v) is 2.48. The molecular formula is C13H10BBrN2O. The minimum absolute atomic E-state index is 0.0469. The Balaban J connectivity index is 1.97. The highest BCUT2D eigenvalue weighted by molar-refractivity contribution is 9.10. The van der Waals surface area contributed by atoms with Crippen molar-refractivity contribution < 1.29 is 4.79 Å². The van der Waals surface area contributed by atoms with Crippen molar-refractivity contribution in [2.75, 3.05) is 5.23 Å². The van der Waals surface area contributed by atoms with E-state index in [1.807, 2.05) is 48.5 Å². The second kappa shape index (κ2) is 4.50. The van der Waals surface area contributed by atoms with Gasteiger partial charge in [-0.25, -0.2) is 0 Å². The Morgan fingerprint density at radius 3 is 2.67 bits per heavy atom. The normalized spacial score (nSPS) is 13.6. The van der Waals surface area contributed by atoms with Gasteiger partial charge in [-0.1, -0.05) is 40.2 Å². The van der Waals surface area contributed by atoms with E-state index in [2.05, 4.69) is 26.4 Å². The van der Waals surface area contributed by atoms with Crippen LogP contribution in [-0.2, 0) is 0 Å². The van der Waals surface area contributed by atoms with Gasteiger partial charge >= 0.3 is 6.98 Å². The fraction of sp³-hybridized carbons (Fsp3) is 0. The molecule has 1 aliphatic rings. The monoisotopic (exact) mass is 300 g/mol. The number of anilines is 1. The Bertz CT molecular complexity index is 617. The van der Waals surface area contributed by atoms with Crippen LogP contribution in [-0.4, -0.2) is 12.9 Å². The van der Waals surface area contributed by atoms with Crippen LogP contribution < -0.4 is 15.9 Å². The molecule has 0 saturated heterocycles. The van der Waals surface area contributed by atoms with Crippen LogP contribution in [0, 0.1) is 0 Å². The van der Waals surface area contributed by atoms with Gasteiger partial charge in [0.1, 0.15) is 0 Å². The highest BCUT2D eigenvalue weighted by Gasteiger charge is 2.28. The maximum absolute atomic E-state index is 12.0. The molecular weight excluding hydrogens is 291 g/mol. The second-order valence-corrected chi connectivity index (χ2v) is 5.07. The van der Waals surface area contributed by atoms with Gasteiger partial charge < -0.3 is 10.5 Å². The number of para-hydroxylation sites is 1. The van der Waals surface area contributed by atoms with E-state index in [4.69, 9.17) is 0 Å². The van der Waals surface area contributed by atoms with Gasteiger partial charge in [-0.2, -0.15) is 0 Å². The van der Waals surface area contributed by atoms with Crippen LogP contribution in [0.15, 0.2) is 53.0 Å². The molecule has 0 atom stereocenters. The number of nitrogens with one attached hydrogen (secondary N) is 2. The molecule has 0 saturated carbocycles. The lowest BCUT2D eigenvalue weighted by molar-refractivity contribution is 0.0979. The standard InChI is InChI=1S/C13H10BBrN2O/c15-10-5-3-4-9(8-10)14-16-12-7-2-1-6-11(12)13(18)17-14/h1-8,16H,(H,17,18). The third-order valence-corrected chi connectivity index (χ3v) is 3.42. The van der Waals surface area contributed by atoms with Gasteiger partial charge in [-0.3, -0.25) is 4.79 Å². The first-order chi connectivity index (χ1) is 8.74. The molecule has 3 nitrogen and oxygen atoms in total. The van der Waals surface area contributed by atoms with Crippen molar-refractivity contribution in [2.45, 2.75) is 0 Å². The summed E-state index contributed by atoms with van der Waals surface area (Å²) < 4.78 is 0.995. The predicted molar refractivity (Wildman–Crippen MR) is 77.1 cm³/mol. The summed E-state index contributed by atoms with van der Waals surface area (Å²) in [6.07, 6.45) is 0. The molecule has 2 aromatic rings. The van der Waals surface area contributed by atoms with E-state index in [0.717, 1.165) is 15.6 Å². The zero-order chi connectivity index (χ0) is 12.5. The summed E-state index contributed by atoms with van der Waals surface area (Å²) in [5.74, 6) is -0.0469. The third kappa shape index (κ3) is 2.02. The molecule has 3 rings (SSSR count). The maximum Gasteiger partial charge on any atom is 0.408 e. The summed E-state index contributed by atoms with van der Waals surface area (Å²) in [6.45, 7) is -0.190. The molecule has 5 heteroatoms. The zero-order valence-corrected chi connectivity index (χ0v) is 11.1. The van der Waals surface area contributed by atoms with E-state index < -0.39 is 0 Å². The van der Waals surface area contributed by atoms with E-state index >= 15 is 0 Å². The lowest BCUT2D eigenvalue weighted by Crippen LogP contribution is -2.56. The van der Waals surface area contributed by atoms with E-state index in [-0.39, 0.29) is 12.9 Å². The first-order valence-corrected chi connectivity index (χ1v) is 6.45. The highest BCUT2D eigenvalue weighted by Crippen LogP contribution is 2.18. The van der Waals surface area contributed by atoms with Crippen molar-refractivity contribution in [3.63, 3.8) is 0 Å². The van der Waals surface area contributed by atoms with Crippen LogP contribution >= 0.6 is 15.9 Å². The average Bonchev–Trinajstić information content (AvgIpc) is 2.39. The fourth-order valence-electron chi connectivity index (χ4n) is 2.06. The van der Waals surface area contributed by atoms with E-state index in [1.54, 1.807) is 0 Å². The number of fused-ring (bicyclic) bond motifs is 1. The summed E-state index contributed by atoms with van der Waals surface area (Å²) >= 11 is 3.44. The van der Waals surface area contributed by atoms with Crippen molar-refractivity contribution in [3.8, 4) is 0 Å². The smallest absolute Gasteiger partial charge is 0.405 e. The lowest BCUT2D eigenvalue weighted by Gasteiger charge is -2.24. The SMILES string of the molecule is O=C1NB(c2cccc(Br)c2)Nc2ccccc21. The molecule has 2 N–H and O–H groups in total. The Hall–Kier alpha value is -1.75. The van der Waals surface area contributed by atoms with Crippen molar-refractivity contribution in [1.82, 2.24) is 5.23 Å². The van der Waals surface area contributed by atoms with E-state index in [9.17, 15) is 4.79 Å². The van der Waals surface area contributed by atoms with Crippen LogP contribution in [0.2, 0.25) is 0 Å². The predicted octanol–water partition coefficient (Wildman–Crippen LogP) is 2.00. The molecule has 0 aliphatic carbocycles. The topological polar surface area (TPSA) is 41.1 Å². The number of halogens is 1. The molecule has 2 aromatic carbocycles. The lowest BCUT2D eigenvalue weighted by atomic mass is 9.66. The molecule has 18 heavy (non-hydrogen) atoms. The van der Waals surface area contributed by atoms with E-state index in [1.165, 1.54) is 0 Å². The molecule has 0 unspecified atom stereocenters. The van der Waals surface area contributed by atoms with E-state index in [0.29, 0.717) is 5.56 Å². The van der Waals surface area contributed by atoms with Crippen molar-refractivity contribution in [1.29, 1.82) is 0 Å². The quantitative estimate of drug-likeness (QED) is 0.791. The van der Waals surface area contributed by atoms with Crippen LogP contribution in [0.3, 0.4) is 0 Å². The summed E-state index contributed by atoms with van der Waals surface area (Å²) in [4.78, 5) is 12.0. The molecule has 1 heterocycles. The molecule has 0 bridgehead atoms. The molecule has 88 valence electrons. The van der Waals surface area contributed by atoms with Gasteiger partial charge in [0.15, 0.2) is 0 Å². The maximum atomic E-state index is 12.0. The minimum atomic E-state index is -0.190. The Kier molecular flexibility index (Phi) is 2.84. The first-order valence-electron chi connectivity index (χ1n) is 5.66. The van der Waals surface area contributed by atoms with Crippen LogP contribution in [0.1, 0.15) is 10.4 Å². The number of carbonyl (C=O) groups excluding carboxylic acids is 1. The summed E-state index contributed by atoms with van der Waals surface area (Å²) in [6, 6.07) is 15.4. The molecule has 0 fully saturated rings. The van der Waals surface area contributed by atoms with Gasteiger partial charge in [0.05, 0.1) is 5.56 Å². The van der Waals surface area contributed by atoms with Crippen molar-refractivity contribution >= 4 is 40.0 Å². The van der Waals surface area contributed by atoms with Gasteiger partial charge in [0, 0.05) is 10.2 Å². The van der Waals surface area contributed by atoms with Gasteiger partial charge in [-0.05, 0) is 29.7 Å². The molecule has 0 aromatic heterocycles.